The van der Waals surface area contributed by atoms with Gasteiger partial charge in [0.15, 0.2) is 6.04 Å². The van der Waals surface area contributed by atoms with Crippen LogP contribution in [0.25, 0.3) is 0 Å². The van der Waals surface area contributed by atoms with Crippen LogP contribution in [0.5, 0.6) is 0 Å². The molecular weight excluding hydrogens is 320 g/mol. The van der Waals surface area contributed by atoms with Gasteiger partial charge in [-0.1, -0.05) is 60.7 Å². The van der Waals surface area contributed by atoms with E-state index in [2.05, 4.69) is 5.32 Å². The van der Waals surface area contributed by atoms with Crippen molar-refractivity contribution in [3.05, 3.63) is 71.8 Å². The van der Waals surface area contributed by atoms with Crippen LogP contribution in [0, 0.1) is 0 Å². The van der Waals surface area contributed by atoms with Crippen molar-refractivity contribution in [2.45, 2.75) is 12.5 Å². The molecule has 0 aliphatic heterocycles. The summed E-state index contributed by atoms with van der Waals surface area (Å²) in [7, 11) is 0. The lowest BCUT2D eigenvalue weighted by Crippen LogP contribution is -2.45. The summed E-state index contributed by atoms with van der Waals surface area (Å²) in [5.74, 6) is -1.13. The number of carbonyl (C=O) groups is 2. The van der Waals surface area contributed by atoms with E-state index in [-0.39, 0.29) is 13.2 Å². The minimum absolute atomic E-state index is 0.139. The van der Waals surface area contributed by atoms with Crippen LogP contribution < -0.4 is 5.32 Å². The zero-order valence-electron chi connectivity index (χ0n) is 13.8. The Morgan fingerprint density at radius 3 is 2.12 bits per heavy atom. The third kappa shape index (κ3) is 5.61. The normalized spacial score (nSPS) is 11.6. The lowest BCUT2D eigenvalue weighted by molar-refractivity contribution is -0.139. The van der Waals surface area contributed by atoms with Crippen molar-refractivity contribution in [2.24, 2.45) is 0 Å². The lowest BCUT2D eigenvalue weighted by atomic mass is 10.1. The second-order valence-electron chi connectivity index (χ2n) is 5.58. The van der Waals surface area contributed by atoms with Crippen molar-refractivity contribution in [1.82, 2.24) is 10.2 Å². The Morgan fingerprint density at radius 2 is 1.56 bits per heavy atom. The topological polar surface area (TPSA) is 89.9 Å². The zero-order valence-corrected chi connectivity index (χ0v) is 13.8. The summed E-state index contributed by atoms with van der Waals surface area (Å²) < 4.78 is 0. The van der Waals surface area contributed by atoms with Gasteiger partial charge in [0.25, 0.3) is 0 Å². The fourth-order valence-electron chi connectivity index (χ4n) is 2.49. The Kier molecular flexibility index (Phi) is 6.98. The SMILES string of the molecule is O=C(O)[C@@H](NC(=O)N(CCO)CCc1ccccc1)c1ccccc1. The summed E-state index contributed by atoms with van der Waals surface area (Å²) in [4.78, 5) is 25.4. The van der Waals surface area contributed by atoms with Crippen molar-refractivity contribution in [1.29, 1.82) is 0 Å². The van der Waals surface area contributed by atoms with Gasteiger partial charge in [-0.2, -0.15) is 0 Å². The summed E-state index contributed by atoms with van der Waals surface area (Å²) in [5, 5.41) is 21.1. The van der Waals surface area contributed by atoms with Crippen molar-refractivity contribution >= 4 is 12.0 Å². The highest BCUT2D eigenvalue weighted by atomic mass is 16.4. The fraction of sp³-hybridized carbons (Fsp3) is 0.263. The molecule has 0 fully saturated rings. The molecule has 0 aromatic heterocycles. The van der Waals surface area contributed by atoms with E-state index in [0.717, 1.165) is 5.56 Å². The number of aliphatic hydroxyl groups is 1. The molecule has 0 spiro atoms. The minimum Gasteiger partial charge on any atom is -0.479 e. The molecule has 132 valence electrons. The number of aliphatic hydroxyl groups excluding tert-OH is 1. The van der Waals surface area contributed by atoms with Crippen molar-refractivity contribution in [3.8, 4) is 0 Å². The average Bonchev–Trinajstić information content (AvgIpc) is 2.64. The summed E-state index contributed by atoms with van der Waals surface area (Å²) in [5.41, 5.74) is 1.56. The number of carbonyl (C=O) groups excluding carboxylic acids is 1. The summed E-state index contributed by atoms with van der Waals surface area (Å²) in [6.45, 7) is 0.336. The van der Waals surface area contributed by atoms with Crippen LogP contribution in [0.4, 0.5) is 4.79 Å². The number of nitrogens with one attached hydrogen (secondary N) is 1. The summed E-state index contributed by atoms with van der Waals surface area (Å²) >= 11 is 0. The van der Waals surface area contributed by atoms with Gasteiger partial charge in [-0.3, -0.25) is 0 Å². The maximum atomic E-state index is 12.5. The molecule has 0 radical (unpaired) electrons. The Bertz CT molecular complexity index is 676. The number of carboxylic acids is 1. The molecule has 0 heterocycles. The van der Waals surface area contributed by atoms with E-state index in [1.165, 1.54) is 4.90 Å². The van der Waals surface area contributed by atoms with Gasteiger partial charge in [0.1, 0.15) is 0 Å². The summed E-state index contributed by atoms with van der Waals surface area (Å²) in [6, 6.07) is 16.5. The first-order valence-electron chi connectivity index (χ1n) is 8.10. The van der Waals surface area contributed by atoms with Gasteiger partial charge in [-0.25, -0.2) is 9.59 Å². The number of hydrogen-bond donors (Lipinski definition) is 3. The zero-order chi connectivity index (χ0) is 18.1. The first kappa shape index (κ1) is 18.5. The van der Waals surface area contributed by atoms with Crippen molar-refractivity contribution in [3.63, 3.8) is 0 Å². The first-order valence-corrected chi connectivity index (χ1v) is 8.10. The monoisotopic (exact) mass is 342 g/mol. The minimum atomic E-state index is -1.13. The molecule has 0 aliphatic carbocycles. The number of hydrogen-bond acceptors (Lipinski definition) is 3. The lowest BCUT2D eigenvalue weighted by Gasteiger charge is -2.25. The largest absolute Gasteiger partial charge is 0.479 e. The van der Waals surface area contributed by atoms with E-state index < -0.39 is 18.0 Å². The molecule has 0 bridgehead atoms. The predicted molar refractivity (Wildman–Crippen MR) is 94.2 cm³/mol. The number of amides is 2. The predicted octanol–water partition coefficient (Wildman–Crippen LogP) is 2.06. The smallest absolute Gasteiger partial charge is 0.330 e. The molecule has 25 heavy (non-hydrogen) atoms. The van der Waals surface area contributed by atoms with Crippen LogP contribution >= 0.6 is 0 Å². The number of nitrogens with zero attached hydrogens (tertiary/aromatic N) is 1. The molecular formula is C19H22N2O4. The van der Waals surface area contributed by atoms with Crippen LogP contribution in [0.3, 0.4) is 0 Å². The Hall–Kier alpha value is -2.86. The molecule has 3 N–H and O–H groups in total. The second-order valence-corrected chi connectivity index (χ2v) is 5.58. The van der Waals surface area contributed by atoms with Crippen LogP contribution in [-0.2, 0) is 11.2 Å². The van der Waals surface area contributed by atoms with Gasteiger partial charge in [0.05, 0.1) is 6.61 Å². The van der Waals surface area contributed by atoms with Crippen LogP contribution in [-0.4, -0.2) is 46.8 Å². The van der Waals surface area contributed by atoms with Gasteiger partial charge in [-0.15, -0.1) is 0 Å². The molecule has 2 aromatic rings. The molecule has 6 nitrogen and oxygen atoms in total. The molecule has 0 aliphatic rings. The Balaban J connectivity index is 2.03. The molecule has 1 atom stereocenters. The van der Waals surface area contributed by atoms with E-state index in [0.29, 0.717) is 18.5 Å². The van der Waals surface area contributed by atoms with Gasteiger partial charge in [-0.05, 0) is 17.5 Å². The van der Waals surface area contributed by atoms with Crippen LogP contribution in [0.1, 0.15) is 17.2 Å². The maximum Gasteiger partial charge on any atom is 0.330 e. The molecule has 6 heteroatoms. The number of aliphatic carboxylic acids is 1. The van der Waals surface area contributed by atoms with E-state index in [9.17, 15) is 19.8 Å². The molecule has 0 unspecified atom stereocenters. The van der Waals surface area contributed by atoms with E-state index in [4.69, 9.17) is 0 Å². The maximum absolute atomic E-state index is 12.5. The fourth-order valence-corrected chi connectivity index (χ4v) is 2.49. The molecule has 0 saturated carbocycles. The van der Waals surface area contributed by atoms with Crippen molar-refractivity contribution in [2.75, 3.05) is 19.7 Å². The number of benzene rings is 2. The second kappa shape index (κ2) is 9.44. The molecule has 0 saturated heterocycles. The van der Waals surface area contributed by atoms with E-state index in [1.54, 1.807) is 30.3 Å². The third-order valence-electron chi connectivity index (χ3n) is 3.82. The highest BCUT2D eigenvalue weighted by Crippen LogP contribution is 2.13. The number of rotatable bonds is 8. The van der Waals surface area contributed by atoms with Crippen molar-refractivity contribution < 1.29 is 19.8 Å². The van der Waals surface area contributed by atoms with Gasteiger partial charge < -0.3 is 20.4 Å². The number of urea groups is 1. The molecule has 2 rings (SSSR count). The molecule has 2 aromatic carbocycles. The van der Waals surface area contributed by atoms with Gasteiger partial charge in [0.2, 0.25) is 0 Å². The van der Waals surface area contributed by atoms with E-state index in [1.807, 2.05) is 30.3 Å². The van der Waals surface area contributed by atoms with Crippen LogP contribution in [0.2, 0.25) is 0 Å². The van der Waals surface area contributed by atoms with Gasteiger partial charge >= 0.3 is 12.0 Å². The highest BCUT2D eigenvalue weighted by molar-refractivity contribution is 5.83. The summed E-state index contributed by atoms with van der Waals surface area (Å²) in [6.07, 6.45) is 0.622. The number of carboxylic acid groups (broad SMARTS) is 1. The van der Waals surface area contributed by atoms with Crippen LogP contribution in [0.15, 0.2) is 60.7 Å². The third-order valence-corrected chi connectivity index (χ3v) is 3.82. The Labute approximate surface area is 146 Å². The Morgan fingerprint density at radius 1 is 0.960 bits per heavy atom. The van der Waals surface area contributed by atoms with E-state index >= 15 is 0 Å². The quantitative estimate of drug-likeness (QED) is 0.685. The van der Waals surface area contributed by atoms with Gasteiger partial charge in [0, 0.05) is 13.1 Å². The first-order chi connectivity index (χ1) is 12.1. The highest BCUT2D eigenvalue weighted by Gasteiger charge is 2.24. The average molecular weight is 342 g/mol. The standard InChI is InChI=1S/C19H22N2O4/c22-14-13-21(12-11-15-7-3-1-4-8-15)19(25)20-17(18(23)24)16-9-5-2-6-10-16/h1-10,17,22H,11-14H2,(H,20,25)(H,23,24)/t17-/m0/s1. The molecule has 2 amide bonds.